The number of carbonyl (C=O) groups excluding carboxylic acids is 3. The molecule has 1 heterocycles. The third-order valence-corrected chi connectivity index (χ3v) is 2.81. The van der Waals surface area contributed by atoms with Gasteiger partial charge in [-0.2, -0.15) is 4.79 Å². The van der Waals surface area contributed by atoms with Gasteiger partial charge in [0.1, 0.15) is 6.04 Å². The van der Waals surface area contributed by atoms with Crippen LogP contribution >= 0.6 is 0 Å². The highest BCUT2D eigenvalue weighted by molar-refractivity contribution is 6.31. The number of ketones is 1. The van der Waals surface area contributed by atoms with Crippen LogP contribution in [0, 0.1) is 0 Å². The molecule has 2 rings (SSSR count). The number of amides is 2. The molecule has 0 aromatic heterocycles. The van der Waals surface area contributed by atoms with E-state index >= 15 is 0 Å². The molecule has 0 aliphatic carbocycles. The lowest BCUT2D eigenvalue weighted by Gasteiger charge is -2.18. The quantitative estimate of drug-likeness (QED) is 0.336. The van der Waals surface area contributed by atoms with E-state index in [2.05, 4.69) is 4.79 Å². The Morgan fingerprint density at radius 1 is 1.28 bits per heavy atom. The Kier molecular flexibility index (Phi) is 2.87. The number of hydrogen-bond donors (Lipinski definition) is 0. The van der Waals surface area contributed by atoms with Crippen molar-refractivity contribution in [2.45, 2.75) is 13.0 Å². The van der Waals surface area contributed by atoms with Crippen molar-refractivity contribution >= 4 is 23.8 Å². The Bertz CT molecular complexity index is 567. The summed E-state index contributed by atoms with van der Waals surface area (Å²) in [7, 11) is 0. The molecule has 0 radical (unpaired) electrons. The van der Waals surface area contributed by atoms with E-state index in [4.69, 9.17) is 5.53 Å². The summed E-state index contributed by atoms with van der Waals surface area (Å²) >= 11 is 0. The first-order chi connectivity index (χ1) is 8.57. The lowest BCUT2D eigenvalue weighted by atomic mass is 10.1. The molecule has 2 amide bonds. The first-order valence-electron chi connectivity index (χ1n) is 5.26. The monoisotopic (exact) mass is 243 g/mol. The van der Waals surface area contributed by atoms with Gasteiger partial charge in [0.15, 0.2) is 0 Å². The number of fused-ring (bicyclic) bond motifs is 1. The molecule has 0 unspecified atom stereocenters. The number of Topliss-reactive ketones (excluding diaryl/α,β-unsaturated/α-hetero) is 1. The molecule has 0 saturated carbocycles. The highest BCUT2D eigenvalue weighted by Gasteiger charge is 2.40. The van der Waals surface area contributed by atoms with E-state index in [9.17, 15) is 14.4 Å². The Labute approximate surface area is 102 Å². The summed E-state index contributed by atoms with van der Waals surface area (Å²) in [5, 5.41) is 0. The third-order valence-electron chi connectivity index (χ3n) is 2.81. The fraction of sp³-hybridized carbons (Fsp3) is 0.167. The van der Waals surface area contributed by atoms with Crippen molar-refractivity contribution in [2.24, 2.45) is 0 Å². The average molecular weight is 243 g/mol. The molecule has 6 heteroatoms. The maximum absolute atomic E-state index is 12.0. The zero-order chi connectivity index (χ0) is 13.3. The van der Waals surface area contributed by atoms with Crippen molar-refractivity contribution in [2.75, 3.05) is 0 Å². The van der Waals surface area contributed by atoms with Crippen LogP contribution in [0.2, 0.25) is 0 Å². The zero-order valence-electron chi connectivity index (χ0n) is 9.53. The van der Waals surface area contributed by atoms with E-state index in [1.807, 2.05) is 0 Å². The number of nitrogens with zero attached hydrogens (tertiary/aromatic N) is 3. The molecule has 1 aliphatic rings. The smallest absolute Gasteiger partial charge is 0.325 e. The van der Waals surface area contributed by atoms with Gasteiger partial charge >= 0.3 is 6.21 Å². The van der Waals surface area contributed by atoms with Crippen LogP contribution in [-0.4, -0.2) is 39.5 Å². The maximum Gasteiger partial charge on any atom is 0.325 e. The Morgan fingerprint density at radius 3 is 2.22 bits per heavy atom. The molecule has 0 N–H and O–H groups in total. The minimum Gasteiger partial charge on any atom is -0.361 e. The fourth-order valence-corrected chi connectivity index (χ4v) is 1.85. The molecule has 0 saturated heterocycles. The summed E-state index contributed by atoms with van der Waals surface area (Å²) in [5.74, 6) is -1.64. The fourth-order valence-electron chi connectivity index (χ4n) is 1.85. The van der Waals surface area contributed by atoms with Crippen molar-refractivity contribution in [3.63, 3.8) is 0 Å². The second-order valence-electron chi connectivity index (χ2n) is 3.85. The Hall–Kier alpha value is -2.59. The van der Waals surface area contributed by atoms with Gasteiger partial charge in [-0.3, -0.25) is 19.3 Å². The predicted octanol–water partition coefficient (Wildman–Crippen LogP) is 0.541. The largest absolute Gasteiger partial charge is 0.361 e. The summed E-state index contributed by atoms with van der Waals surface area (Å²) in [6, 6.07) is 5.37. The van der Waals surface area contributed by atoms with Gasteiger partial charge < -0.3 is 5.53 Å². The molecule has 6 nitrogen and oxygen atoms in total. The molecule has 1 aliphatic heterocycles. The number of benzene rings is 1. The van der Waals surface area contributed by atoms with Crippen LogP contribution < -0.4 is 0 Å². The van der Waals surface area contributed by atoms with E-state index in [-0.39, 0.29) is 11.1 Å². The molecular formula is C12H9N3O3. The summed E-state index contributed by atoms with van der Waals surface area (Å²) < 4.78 is 0. The van der Waals surface area contributed by atoms with E-state index < -0.39 is 23.6 Å². The Morgan fingerprint density at radius 2 is 1.78 bits per heavy atom. The number of hydrogen-bond acceptors (Lipinski definition) is 3. The minimum absolute atomic E-state index is 0.281. The second-order valence-corrected chi connectivity index (χ2v) is 3.85. The summed E-state index contributed by atoms with van der Waals surface area (Å²) in [4.78, 5) is 39.0. The molecule has 0 bridgehead atoms. The molecule has 1 aromatic carbocycles. The molecule has 1 aromatic rings. The van der Waals surface area contributed by atoms with Crippen molar-refractivity contribution in [3.05, 3.63) is 40.9 Å². The third kappa shape index (κ3) is 1.65. The van der Waals surface area contributed by atoms with Gasteiger partial charge in [0.2, 0.25) is 0 Å². The first-order valence-corrected chi connectivity index (χ1v) is 5.26. The van der Waals surface area contributed by atoms with E-state index in [0.717, 1.165) is 4.90 Å². The molecule has 0 fully saturated rings. The van der Waals surface area contributed by atoms with Crippen molar-refractivity contribution in [3.8, 4) is 0 Å². The molecular weight excluding hydrogens is 234 g/mol. The van der Waals surface area contributed by atoms with Crippen molar-refractivity contribution < 1.29 is 19.2 Å². The lowest BCUT2D eigenvalue weighted by molar-refractivity contribution is -0.119. The van der Waals surface area contributed by atoms with Crippen LogP contribution in [0.4, 0.5) is 0 Å². The van der Waals surface area contributed by atoms with Crippen LogP contribution in [0.3, 0.4) is 0 Å². The highest BCUT2D eigenvalue weighted by atomic mass is 16.2. The number of carbonyl (C=O) groups is 3. The zero-order valence-corrected chi connectivity index (χ0v) is 9.53. The standard InChI is InChI=1S/C12H9N3O3/c1-7(10(16)6-14-13)15-11(17)8-4-2-3-5-9(8)12(15)18/h2-7H,1H3/t7-/m0/s1. The van der Waals surface area contributed by atoms with E-state index in [0.29, 0.717) is 6.21 Å². The Balaban J connectivity index is 2.40. The summed E-state index contributed by atoms with van der Waals surface area (Å²) in [6.45, 7) is 1.41. The van der Waals surface area contributed by atoms with E-state index in [1.165, 1.54) is 19.1 Å². The van der Waals surface area contributed by atoms with Gasteiger partial charge in [-0.1, -0.05) is 12.1 Å². The normalized spacial score (nSPS) is 15.1. The van der Waals surface area contributed by atoms with Gasteiger partial charge in [0, 0.05) is 0 Å². The van der Waals surface area contributed by atoms with Crippen LogP contribution in [0.5, 0.6) is 0 Å². The van der Waals surface area contributed by atoms with Gasteiger partial charge in [0.05, 0.1) is 11.1 Å². The molecule has 18 heavy (non-hydrogen) atoms. The summed E-state index contributed by atoms with van der Waals surface area (Å²) in [6.07, 6.45) is 0.675. The predicted molar refractivity (Wildman–Crippen MR) is 61.1 cm³/mol. The van der Waals surface area contributed by atoms with Crippen molar-refractivity contribution in [1.29, 1.82) is 0 Å². The maximum atomic E-state index is 12.0. The first kappa shape index (κ1) is 11.9. The van der Waals surface area contributed by atoms with Gasteiger partial charge in [0.25, 0.3) is 17.6 Å². The lowest BCUT2D eigenvalue weighted by Crippen LogP contribution is -2.43. The van der Waals surface area contributed by atoms with Crippen LogP contribution in [0.25, 0.3) is 5.53 Å². The van der Waals surface area contributed by atoms with Crippen molar-refractivity contribution in [1.82, 2.24) is 4.90 Å². The summed E-state index contributed by atoms with van der Waals surface area (Å²) in [5.41, 5.74) is 8.86. The molecule has 1 atom stereocenters. The number of rotatable bonds is 3. The molecule has 90 valence electrons. The van der Waals surface area contributed by atoms with E-state index in [1.54, 1.807) is 12.1 Å². The van der Waals surface area contributed by atoms with Crippen LogP contribution in [0.1, 0.15) is 27.6 Å². The van der Waals surface area contributed by atoms with Gasteiger partial charge in [-0.25, -0.2) is 0 Å². The SMILES string of the molecule is C[C@@H](C(=O)C=[N+]=[N-])N1C(=O)c2ccccc2C1=O. The van der Waals surface area contributed by atoms with Crippen LogP contribution in [-0.2, 0) is 4.79 Å². The van der Waals surface area contributed by atoms with Crippen LogP contribution in [0.15, 0.2) is 24.3 Å². The average Bonchev–Trinajstić information content (AvgIpc) is 2.62. The molecule has 0 spiro atoms. The van der Waals surface area contributed by atoms with Gasteiger partial charge in [-0.15, -0.1) is 0 Å². The second kappa shape index (κ2) is 4.35. The highest BCUT2D eigenvalue weighted by Crippen LogP contribution is 2.24. The van der Waals surface area contributed by atoms with Gasteiger partial charge in [-0.05, 0) is 19.1 Å². The number of imide groups is 1. The minimum atomic E-state index is -0.992. The topological polar surface area (TPSA) is 90.8 Å².